The topological polar surface area (TPSA) is 80.7 Å². The minimum Gasteiger partial charge on any atom is -0.328 e. The average molecular weight is 356 g/mol. The number of rotatable bonds is 3. The number of nitrogens with two attached hydrogens (primary N) is 1. The van der Waals surface area contributed by atoms with Gasteiger partial charge in [0, 0.05) is 37.1 Å². The van der Waals surface area contributed by atoms with Crippen molar-refractivity contribution in [3.8, 4) is 11.1 Å². The summed E-state index contributed by atoms with van der Waals surface area (Å²) < 4.78 is 28.9. The number of fused-ring (bicyclic) bond motifs is 1. The van der Waals surface area contributed by atoms with Gasteiger partial charge in [0.15, 0.2) is 0 Å². The van der Waals surface area contributed by atoms with E-state index in [0.717, 1.165) is 16.6 Å². The Morgan fingerprint density at radius 3 is 2.48 bits per heavy atom. The Hall–Kier alpha value is -2.22. The molecule has 1 saturated heterocycles. The Morgan fingerprint density at radius 2 is 1.76 bits per heavy atom. The summed E-state index contributed by atoms with van der Waals surface area (Å²) in [5.41, 5.74) is 8.84. The van der Waals surface area contributed by atoms with Crippen molar-refractivity contribution in [3.63, 3.8) is 0 Å². The van der Waals surface area contributed by atoms with Crippen LogP contribution in [0, 0.1) is 0 Å². The van der Waals surface area contributed by atoms with Crippen molar-refractivity contribution in [1.82, 2.24) is 13.9 Å². The zero-order chi connectivity index (χ0) is 17.4. The third kappa shape index (κ3) is 2.95. The fraction of sp³-hybridized carbons (Fsp3) is 0.278. The van der Waals surface area contributed by atoms with E-state index in [-0.39, 0.29) is 6.04 Å². The fourth-order valence-electron chi connectivity index (χ4n) is 3.27. The van der Waals surface area contributed by atoms with E-state index in [4.69, 9.17) is 5.73 Å². The second-order valence-electron chi connectivity index (χ2n) is 6.35. The second kappa shape index (κ2) is 6.25. The third-order valence-electron chi connectivity index (χ3n) is 4.74. The molecule has 3 heterocycles. The number of piperidine rings is 1. The van der Waals surface area contributed by atoms with Crippen LogP contribution in [0.25, 0.3) is 16.6 Å². The number of hydrogen-bond donors (Lipinski definition) is 1. The summed E-state index contributed by atoms with van der Waals surface area (Å²) in [4.78, 5) is 0.326. The second-order valence-corrected chi connectivity index (χ2v) is 8.29. The lowest BCUT2D eigenvalue weighted by molar-refractivity contribution is 0.320. The number of nitrogens with zero attached hydrogens (tertiary/aromatic N) is 3. The van der Waals surface area contributed by atoms with E-state index in [1.54, 1.807) is 22.8 Å². The predicted octanol–water partition coefficient (Wildman–Crippen LogP) is 2.11. The van der Waals surface area contributed by atoms with Gasteiger partial charge in [0.05, 0.1) is 10.4 Å². The molecular weight excluding hydrogens is 336 g/mol. The SMILES string of the molecule is NC1CCN(S(=O)(=O)c2ccc(-c3cccn4nccc34)cc2)CC1. The first-order chi connectivity index (χ1) is 12.1. The Morgan fingerprint density at radius 1 is 1.04 bits per heavy atom. The largest absolute Gasteiger partial charge is 0.328 e. The van der Waals surface area contributed by atoms with Crippen LogP contribution >= 0.6 is 0 Å². The molecule has 0 radical (unpaired) electrons. The van der Waals surface area contributed by atoms with E-state index in [1.807, 2.05) is 36.5 Å². The molecule has 130 valence electrons. The summed E-state index contributed by atoms with van der Waals surface area (Å²) in [7, 11) is -3.46. The Kier molecular flexibility index (Phi) is 4.07. The standard InChI is InChI=1S/C18H20N4O2S/c19-15-8-12-21(13-9-15)25(23,24)16-5-3-14(4-6-16)17-2-1-11-22-18(17)7-10-20-22/h1-7,10-11,15H,8-9,12-13,19H2. The van der Waals surface area contributed by atoms with Gasteiger partial charge in [-0.3, -0.25) is 0 Å². The maximum Gasteiger partial charge on any atom is 0.243 e. The molecule has 0 atom stereocenters. The van der Waals surface area contributed by atoms with Crippen molar-refractivity contribution in [3.05, 3.63) is 54.9 Å². The molecule has 1 aromatic carbocycles. The quantitative estimate of drug-likeness (QED) is 0.779. The highest BCUT2D eigenvalue weighted by Gasteiger charge is 2.28. The van der Waals surface area contributed by atoms with Crippen LogP contribution in [0.2, 0.25) is 0 Å². The molecule has 2 aromatic heterocycles. The van der Waals surface area contributed by atoms with Gasteiger partial charge < -0.3 is 5.73 Å². The van der Waals surface area contributed by atoms with Gasteiger partial charge in [0.25, 0.3) is 0 Å². The molecule has 4 rings (SSSR count). The van der Waals surface area contributed by atoms with Gasteiger partial charge in [-0.15, -0.1) is 0 Å². The monoisotopic (exact) mass is 356 g/mol. The molecule has 25 heavy (non-hydrogen) atoms. The Balaban J connectivity index is 1.65. The maximum atomic E-state index is 12.8. The van der Waals surface area contributed by atoms with E-state index >= 15 is 0 Å². The molecule has 0 amide bonds. The number of sulfonamides is 1. The van der Waals surface area contributed by atoms with Crippen molar-refractivity contribution >= 4 is 15.5 Å². The molecule has 0 saturated carbocycles. The minimum absolute atomic E-state index is 0.102. The molecule has 1 aliphatic heterocycles. The molecule has 2 N–H and O–H groups in total. The molecule has 1 aliphatic rings. The maximum absolute atomic E-state index is 12.8. The summed E-state index contributed by atoms with van der Waals surface area (Å²) in [6.45, 7) is 0.973. The van der Waals surface area contributed by atoms with Gasteiger partial charge in [-0.25, -0.2) is 12.9 Å². The van der Waals surface area contributed by atoms with E-state index in [2.05, 4.69) is 5.10 Å². The number of aromatic nitrogens is 2. The summed E-state index contributed by atoms with van der Waals surface area (Å²) in [6, 6.07) is 13.0. The van der Waals surface area contributed by atoms with Crippen LogP contribution in [0.4, 0.5) is 0 Å². The van der Waals surface area contributed by atoms with Gasteiger partial charge in [0.2, 0.25) is 10.0 Å². The number of hydrogen-bond acceptors (Lipinski definition) is 4. The number of benzene rings is 1. The average Bonchev–Trinajstić information content (AvgIpc) is 3.11. The van der Waals surface area contributed by atoms with Gasteiger partial charge in [-0.1, -0.05) is 18.2 Å². The van der Waals surface area contributed by atoms with Crippen molar-refractivity contribution in [1.29, 1.82) is 0 Å². The van der Waals surface area contributed by atoms with Crippen LogP contribution in [-0.2, 0) is 10.0 Å². The molecule has 3 aromatic rings. The molecule has 1 fully saturated rings. The van der Waals surface area contributed by atoms with Gasteiger partial charge >= 0.3 is 0 Å². The third-order valence-corrected chi connectivity index (χ3v) is 6.65. The molecule has 0 bridgehead atoms. The summed E-state index contributed by atoms with van der Waals surface area (Å²) in [6.07, 6.45) is 5.05. The lowest BCUT2D eigenvalue weighted by atomic mass is 10.1. The molecule has 7 heteroatoms. The molecule has 0 aliphatic carbocycles. The zero-order valence-electron chi connectivity index (χ0n) is 13.7. The van der Waals surface area contributed by atoms with Crippen molar-refractivity contribution in [2.45, 2.75) is 23.8 Å². The number of pyridine rings is 1. The minimum atomic E-state index is -3.46. The van der Waals surface area contributed by atoms with E-state index in [9.17, 15) is 8.42 Å². The highest BCUT2D eigenvalue weighted by atomic mass is 32.2. The van der Waals surface area contributed by atoms with Crippen LogP contribution < -0.4 is 5.73 Å². The van der Waals surface area contributed by atoms with Crippen LogP contribution in [0.1, 0.15) is 12.8 Å². The first kappa shape index (κ1) is 16.3. The van der Waals surface area contributed by atoms with Gasteiger partial charge in [0.1, 0.15) is 0 Å². The van der Waals surface area contributed by atoms with Gasteiger partial charge in [-0.05, 0) is 42.7 Å². The van der Waals surface area contributed by atoms with E-state index in [1.165, 1.54) is 4.31 Å². The highest BCUT2D eigenvalue weighted by Crippen LogP contribution is 2.27. The lowest BCUT2D eigenvalue weighted by Crippen LogP contribution is -2.42. The summed E-state index contributed by atoms with van der Waals surface area (Å²) in [5.74, 6) is 0. The van der Waals surface area contributed by atoms with E-state index < -0.39 is 10.0 Å². The van der Waals surface area contributed by atoms with E-state index in [0.29, 0.717) is 30.8 Å². The van der Waals surface area contributed by atoms with Crippen LogP contribution in [0.15, 0.2) is 59.8 Å². The first-order valence-electron chi connectivity index (χ1n) is 8.34. The summed E-state index contributed by atoms with van der Waals surface area (Å²) >= 11 is 0. The Bertz CT molecular complexity index is 987. The normalized spacial score (nSPS) is 17.2. The lowest BCUT2D eigenvalue weighted by Gasteiger charge is -2.29. The Labute approximate surface area is 146 Å². The molecule has 6 nitrogen and oxygen atoms in total. The molecule has 0 unspecified atom stereocenters. The summed E-state index contributed by atoms with van der Waals surface area (Å²) in [5, 5.41) is 4.23. The highest BCUT2D eigenvalue weighted by molar-refractivity contribution is 7.89. The van der Waals surface area contributed by atoms with Crippen molar-refractivity contribution < 1.29 is 8.42 Å². The molecular formula is C18H20N4O2S. The predicted molar refractivity (Wildman–Crippen MR) is 96.6 cm³/mol. The van der Waals surface area contributed by atoms with Crippen LogP contribution in [0.5, 0.6) is 0 Å². The van der Waals surface area contributed by atoms with Gasteiger partial charge in [-0.2, -0.15) is 9.40 Å². The van der Waals surface area contributed by atoms with Crippen LogP contribution in [0.3, 0.4) is 0 Å². The fourth-order valence-corrected chi connectivity index (χ4v) is 4.74. The molecule has 0 spiro atoms. The van der Waals surface area contributed by atoms with Crippen LogP contribution in [-0.4, -0.2) is 41.5 Å². The smallest absolute Gasteiger partial charge is 0.243 e. The van der Waals surface area contributed by atoms with Crippen molar-refractivity contribution in [2.24, 2.45) is 5.73 Å². The first-order valence-corrected chi connectivity index (χ1v) is 9.78. The zero-order valence-corrected chi connectivity index (χ0v) is 14.6. The van der Waals surface area contributed by atoms with Crippen molar-refractivity contribution in [2.75, 3.05) is 13.1 Å².